The molecular weight excluding hydrogens is 394 g/mol. The van der Waals surface area contributed by atoms with Crippen LogP contribution in [0.25, 0.3) is 10.8 Å². The van der Waals surface area contributed by atoms with Gasteiger partial charge in [0.15, 0.2) is 0 Å². The van der Waals surface area contributed by atoms with Crippen molar-refractivity contribution in [3.8, 4) is 0 Å². The molecule has 5 heteroatoms. The number of benzene rings is 3. The third-order valence-electron chi connectivity index (χ3n) is 4.18. The van der Waals surface area contributed by atoms with Crippen molar-refractivity contribution in [3.63, 3.8) is 0 Å². The van der Waals surface area contributed by atoms with Gasteiger partial charge in [0.2, 0.25) is 0 Å². The highest BCUT2D eigenvalue weighted by atomic mass is 79.9. The molecule has 1 N–H and O–H groups in total. The van der Waals surface area contributed by atoms with Gasteiger partial charge in [0.25, 0.3) is 5.91 Å². The van der Waals surface area contributed by atoms with Crippen LogP contribution in [-0.4, -0.2) is 25.0 Å². The Morgan fingerprint density at radius 3 is 2.42 bits per heavy atom. The van der Waals surface area contributed by atoms with Crippen LogP contribution in [0.5, 0.6) is 0 Å². The second kappa shape index (κ2) is 8.15. The Morgan fingerprint density at radius 1 is 1.00 bits per heavy atom. The lowest BCUT2D eigenvalue weighted by Crippen LogP contribution is -2.43. The molecule has 0 aliphatic carbocycles. The van der Waals surface area contributed by atoms with Gasteiger partial charge in [-0.2, -0.15) is 0 Å². The zero-order valence-corrected chi connectivity index (χ0v) is 15.8. The molecule has 0 aliphatic heterocycles. The number of ether oxygens (including phenoxy) is 1. The molecule has 0 aromatic heterocycles. The molecule has 0 spiro atoms. The topological polar surface area (TPSA) is 55.4 Å². The van der Waals surface area contributed by atoms with Crippen LogP contribution in [0.4, 0.5) is 0 Å². The molecule has 1 amide bonds. The zero-order valence-electron chi connectivity index (χ0n) is 14.2. The van der Waals surface area contributed by atoms with Gasteiger partial charge >= 0.3 is 5.97 Å². The third-order valence-corrected chi connectivity index (χ3v) is 4.71. The second-order valence-electron chi connectivity index (χ2n) is 5.91. The molecule has 0 bridgehead atoms. The van der Waals surface area contributed by atoms with E-state index in [0.717, 1.165) is 20.8 Å². The van der Waals surface area contributed by atoms with Crippen molar-refractivity contribution < 1.29 is 14.3 Å². The number of esters is 1. The van der Waals surface area contributed by atoms with Crippen LogP contribution in [0.15, 0.2) is 71.2 Å². The second-order valence-corrected chi connectivity index (χ2v) is 6.82. The Morgan fingerprint density at radius 2 is 1.69 bits per heavy atom. The van der Waals surface area contributed by atoms with Crippen molar-refractivity contribution in [1.82, 2.24) is 5.32 Å². The molecule has 0 saturated carbocycles. The van der Waals surface area contributed by atoms with Gasteiger partial charge in [-0.05, 0) is 34.5 Å². The van der Waals surface area contributed by atoms with Gasteiger partial charge < -0.3 is 10.1 Å². The Balaban J connectivity index is 1.85. The maximum absolute atomic E-state index is 12.8. The zero-order chi connectivity index (χ0) is 18.5. The smallest absolute Gasteiger partial charge is 0.328 e. The number of nitrogens with one attached hydrogen (secondary N) is 1. The van der Waals surface area contributed by atoms with Gasteiger partial charge in [0, 0.05) is 16.5 Å². The maximum Gasteiger partial charge on any atom is 0.328 e. The normalized spacial score (nSPS) is 11.8. The summed E-state index contributed by atoms with van der Waals surface area (Å²) in [5.74, 6) is -0.768. The predicted molar refractivity (Wildman–Crippen MR) is 105 cm³/mol. The molecule has 132 valence electrons. The SMILES string of the molecule is COC(=O)[C@H](Cc1ccc(Br)cc1)NC(=O)c1cccc2ccccc12. The molecule has 4 nitrogen and oxygen atoms in total. The highest BCUT2D eigenvalue weighted by Crippen LogP contribution is 2.19. The lowest BCUT2D eigenvalue weighted by atomic mass is 10.0. The van der Waals surface area contributed by atoms with Crippen molar-refractivity contribution in [2.75, 3.05) is 7.11 Å². The molecule has 0 heterocycles. The van der Waals surface area contributed by atoms with Crippen LogP contribution in [0, 0.1) is 0 Å². The first-order chi connectivity index (χ1) is 12.6. The number of amides is 1. The summed E-state index contributed by atoms with van der Waals surface area (Å²) in [4.78, 5) is 25.0. The van der Waals surface area contributed by atoms with E-state index < -0.39 is 12.0 Å². The standard InChI is InChI=1S/C21H18BrNO3/c1-26-21(25)19(13-14-9-11-16(22)12-10-14)23-20(24)18-8-4-6-15-5-2-3-7-17(15)18/h2-12,19H,13H2,1H3,(H,23,24)/t19-/m0/s1. The van der Waals surface area contributed by atoms with E-state index >= 15 is 0 Å². The van der Waals surface area contributed by atoms with Crippen LogP contribution < -0.4 is 5.32 Å². The van der Waals surface area contributed by atoms with Crippen molar-refractivity contribution in [1.29, 1.82) is 0 Å². The van der Waals surface area contributed by atoms with Crippen molar-refractivity contribution in [2.24, 2.45) is 0 Å². The quantitative estimate of drug-likeness (QED) is 0.642. The van der Waals surface area contributed by atoms with E-state index in [1.54, 1.807) is 6.07 Å². The lowest BCUT2D eigenvalue weighted by Gasteiger charge is -2.17. The van der Waals surface area contributed by atoms with Gasteiger partial charge in [-0.15, -0.1) is 0 Å². The minimum Gasteiger partial charge on any atom is -0.467 e. The van der Waals surface area contributed by atoms with Crippen molar-refractivity contribution >= 4 is 38.6 Å². The molecule has 26 heavy (non-hydrogen) atoms. The van der Waals surface area contributed by atoms with E-state index in [2.05, 4.69) is 21.2 Å². The number of carbonyl (C=O) groups excluding carboxylic acids is 2. The Bertz CT molecular complexity index is 932. The van der Waals surface area contributed by atoms with Crippen molar-refractivity contribution in [2.45, 2.75) is 12.5 Å². The highest BCUT2D eigenvalue weighted by Gasteiger charge is 2.23. The fourth-order valence-corrected chi connectivity index (χ4v) is 3.12. The lowest BCUT2D eigenvalue weighted by molar-refractivity contribution is -0.142. The van der Waals surface area contributed by atoms with E-state index in [4.69, 9.17) is 4.74 Å². The first-order valence-corrected chi connectivity index (χ1v) is 8.98. The number of carbonyl (C=O) groups is 2. The van der Waals surface area contributed by atoms with Gasteiger partial charge in [0.05, 0.1) is 7.11 Å². The molecular formula is C21H18BrNO3. The molecule has 0 aliphatic rings. The molecule has 0 unspecified atom stereocenters. The maximum atomic E-state index is 12.8. The molecule has 3 rings (SSSR count). The Labute approximate surface area is 160 Å². The minimum atomic E-state index is -0.757. The van der Waals surface area contributed by atoms with Gasteiger partial charge in [-0.3, -0.25) is 4.79 Å². The number of methoxy groups -OCH3 is 1. The summed E-state index contributed by atoms with van der Waals surface area (Å²) >= 11 is 3.39. The molecule has 0 radical (unpaired) electrons. The van der Waals surface area contributed by atoms with E-state index in [0.29, 0.717) is 12.0 Å². The number of hydrogen-bond donors (Lipinski definition) is 1. The summed E-state index contributed by atoms with van der Waals surface area (Å²) in [6.45, 7) is 0. The van der Waals surface area contributed by atoms with Crippen LogP contribution in [0.2, 0.25) is 0 Å². The minimum absolute atomic E-state index is 0.297. The molecule has 0 fully saturated rings. The summed E-state index contributed by atoms with van der Waals surface area (Å²) in [6.07, 6.45) is 0.358. The van der Waals surface area contributed by atoms with Crippen LogP contribution in [0.3, 0.4) is 0 Å². The molecule has 0 saturated heterocycles. The summed E-state index contributed by atoms with van der Waals surface area (Å²) < 4.78 is 5.82. The number of rotatable bonds is 5. The Kier molecular flexibility index (Phi) is 5.68. The van der Waals surface area contributed by atoms with Gasteiger partial charge in [0.1, 0.15) is 6.04 Å². The third kappa shape index (κ3) is 4.11. The van der Waals surface area contributed by atoms with Crippen LogP contribution in [-0.2, 0) is 16.0 Å². The van der Waals surface area contributed by atoms with Gasteiger partial charge in [-0.25, -0.2) is 4.79 Å². The van der Waals surface area contributed by atoms with E-state index in [1.807, 2.05) is 60.7 Å². The highest BCUT2D eigenvalue weighted by molar-refractivity contribution is 9.10. The summed E-state index contributed by atoms with van der Waals surface area (Å²) in [6, 6.07) is 20.1. The molecule has 3 aromatic rings. The fourth-order valence-electron chi connectivity index (χ4n) is 2.85. The number of fused-ring (bicyclic) bond motifs is 1. The molecule has 1 atom stereocenters. The number of hydrogen-bond acceptors (Lipinski definition) is 3. The van der Waals surface area contributed by atoms with E-state index in [1.165, 1.54) is 7.11 Å². The van der Waals surface area contributed by atoms with Crippen molar-refractivity contribution in [3.05, 3.63) is 82.3 Å². The summed E-state index contributed by atoms with van der Waals surface area (Å²) in [5, 5.41) is 4.64. The average Bonchev–Trinajstić information content (AvgIpc) is 2.68. The first kappa shape index (κ1) is 18.1. The Hall–Kier alpha value is -2.66. The predicted octanol–water partition coefficient (Wildman–Crippen LogP) is 4.12. The average molecular weight is 412 g/mol. The van der Waals surface area contributed by atoms with E-state index in [9.17, 15) is 9.59 Å². The molecule has 3 aromatic carbocycles. The summed E-state index contributed by atoms with van der Waals surface area (Å²) in [5.41, 5.74) is 1.47. The largest absolute Gasteiger partial charge is 0.467 e. The van der Waals surface area contributed by atoms with Crippen LogP contribution in [0.1, 0.15) is 15.9 Å². The monoisotopic (exact) mass is 411 g/mol. The van der Waals surface area contributed by atoms with E-state index in [-0.39, 0.29) is 5.91 Å². The van der Waals surface area contributed by atoms with Crippen LogP contribution >= 0.6 is 15.9 Å². The summed E-state index contributed by atoms with van der Waals surface area (Å²) in [7, 11) is 1.32. The number of halogens is 1. The fraction of sp³-hybridized carbons (Fsp3) is 0.143. The first-order valence-electron chi connectivity index (χ1n) is 8.19. The van der Waals surface area contributed by atoms with Gasteiger partial charge in [-0.1, -0.05) is 64.5 Å².